The minimum atomic E-state index is -0.984. The molecule has 1 fully saturated rings. The molecular weight excluding hydrogens is 829 g/mol. The molecule has 10 heteroatoms. The quantitative estimate of drug-likeness (QED) is 0.0955. The van der Waals surface area contributed by atoms with Crippen molar-refractivity contribution < 1.29 is 38.1 Å². The first kappa shape index (κ1) is 43.4. The number of hydrogen-bond donors (Lipinski definition) is 1. The van der Waals surface area contributed by atoms with Crippen LogP contribution in [0.2, 0.25) is 0 Å². The summed E-state index contributed by atoms with van der Waals surface area (Å²) in [6.07, 6.45) is 1.32. The average Bonchev–Trinajstić information content (AvgIpc) is 3.53. The third-order valence-electron chi connectivity index (χ3n) is 11.8. The highest BCUT2D eigenvalue weighted by Crippen LogP contribution is 2.49. The normalized spacial score (nSPS) is 15.5. The number of amides is 2. The molecular formula is C56H50N2O8. The zero-order chi connectivity index (χ0) is 45.1. The zero-order valence-corrected chi connectivity index (χ0v) is 36.5. The average molecular weight is 879 g/mol. The lowest BCUT2D eigenvalue weighted by molar-refractivity contribution is 0.0443. The largest absolute Gasteiger partial charge is 0.489 e. The summed E-state index contributed by atoms with van der Waals surface area (Å²) in [5.74, 6) is 0.833. The summed E-state index contributed by atoms with van der Waals surface area (Å²) in [6.45, 7) is 1.84. The Morgan fingerprint density at radius 2 is 1.06 bits per heavy atom. The number of cyclic esters (lactones) is 1. The van der Waals surface area contributed by atoms with E-state index in [0.717, 1.165) is 35.1 Å². The monoisotopic (exact) mass is 878 g/mol. The second-order valence-electron chi connectivity index (χ2n) is 16.4. The van der Waals surface area contributed by atoms with E-state index < -0.39 is 12.1 Å². The van der Waals surface area contributed by atoms with Gasteiger partial charge < -0.3 is 33.9 Å². The molecule has 2 aliphatic rings. The lowest BCUT2D eigenvalue weighted by Gasteiger charge is -2.27. The van der Waals surface area contributed by atoms with Gasteiger partial charge in [-0.2, -0.15) is 0 Å². The molecule has 10 nitrogen and oxygen atoms in total. The van der Waals surface area contributed by atoms with E-state index in [4.69, 9.17) is 23.7 Å². The van der Waals surface area contributed by atoms with Gasteiger partial charge in [-0.15, -0.1) is 0 Å². The highest BCUT2D eigenvalue weighted by molar-refractivity contribution is 5.98. The fourth-order valence-corrected chi connectivity index (χ4v) is 8.32. The third-order valence-corrected chi connectivity index (χ3v) is 11.8. The fourth-order valence-electron chi connectivity index (χ4n) is 8.32. The van der Waals surface area contributed by atoms with E-state index in [1.165, 1.54) is 0 Å². The molecule has 0 bridgehead atoms. The summed E-state index contributed by atoms with van der Waals surface area (Å²) in [6, 6.07) is 54.7. The van der Waals surface area contributed by atoms with Crippen molar-refractivity contribution in [3.63, 3.8) is 0 Å². The van der Waals surface area contributed by atoms with Gasteiger partial charge in [-0.25, -0.2) is 4.79 Å². The van der Waals surface area contributed by atoms with Crippen LogP contribution < -0.4 is 24.3 Å². The van der Waals surface area contributed by atoms with Crippen molar-refractivity contribution in [2.45, 2.75) is 57.8 Å². The Kier molecular flexibility index (Phi) is 13.7. The molecule has 2 aliphatic heterocycles. The number of rotatable bonds is 16. The number of carbonyl (C=O) groups is 3. The number of benzene rings is 7. The Hall–Kier alpha value is -7.85. The molecule has 332 valence electrons. The maximum absolute atomic E-state index is 14.8. The number of nitrogens with zero attached hydrogens (tertiary/aromatic N) is 1. The summed E-state index contributed by atoms with van der Waals surface area (Å²) in [5, 5.41) is 3.19. The van der Waals surface area contributed by atoms with Gasteiger partial charge in [0.25, 0.3) is 11.8 Å². The summed E-state index contributed by atoms with van der Waals surface area (Å²) >= 11 is 0. The summed E-state index contributed by atoms with van der Waals surface area (Å²) in [7, 11) is 0. The van der Waals surface area contributed by atoms with Crippen LogP contribution in [0.5, 0.6) is 23.0 Å². The molecule has 0 aliphatic carbocycles. The molecule has 66 heavy (non-hydrogen) atoms. The van der Waals surface area contributed by atoms with Gasteiger partial charge in [0.15, 0.2) is 6.10 Å². The number of fused-ring (bicyclic) bond motifs is 1. The van der Waals surface area contributed by atoms with E-state index in [9.17, 15) is 14.4 Å². The molecule has 2 amide bonds. The summed E-state index contributed by atoms with van der Waals surface area (Å²) in [5.41, 5.74) is 6.05. The van der Waals surface area contributed by atoms with Crippen LogP contribution in [0.25, 0.3) is 0 Å². The highest BCUT2D eigenvalue weighted by atomic mass is 16.6. The second-order valence-corrected chi connectivity index (χ2v) is 16.4. The van der Waals surface area contributed by atoms with Gasteiger partial charge in [-0.1, -0.05) is 127 Å². The molecule has 1 N–H and O–H groups in total. The molecule has 0 aromatic heterocycles. The van der Waals surface area contributed by atoms with Crippen molar-refractivity contribution in [3.05, 3.63) is 226 Å². The predicted octanol–water partition coefficient (Wildman–Crippen LogP) is 10.7. The minimum absolute atomic E-state index is 0.168. The standard InChI is InChI=1S/C56H50N2O8/c59-54(43-27-29-46(30-28-43)62-35-39-16-5-1-6-17-39)57-45-24-13-14-31-58(34-45)55(60)44-32-49(64-37-41-20-9-3-10-21-41)52(50(33-44)65-38-42-22-11-4-12-23-42)53-51-47(56(61)66-53)25-15-26-48(51)63-36-40-18-7-2-8-19-40/h1-12,15-23,25-30,32-33,45,53H,13-14,24,31,34-38H2,(H,57,59). The fraction of sp³-hybridized carbons (Fsp3) is 0.196. The molecule has 7 aromatic carbocycles. The van der Waals surface area contributed by atoms with Gasteiger partial charge in [0.1, 0.15) is 49.4 Å². The number of hydrogen-bond acceptors (Lipinski definition) is 8. The minimum Gasteiger partial charge on any atom is -0.489 e. The number of carbonyl (C=O) groups excluding carboxylic acids is 3. The van der Waals surface area contributed by atoms with Gasteiger partial charge in [0.05, 0.1) is 16.7 Å². The molecule has 0 saturated carbocycles. The number of esters is 1. The second kappa shape index (κ2) is 20.8. The molecule has 2 atom stereocenters. The predicted molar refractivity (Wildman–Crippen MR) is 251 cm³/mol. The Bertz CT molecular complexity index is 2680. The summed E-state index contributed by atoms with van der Waals surface area (Å²) in [4.78, 5) is 43.9. The molecule has 9 rings (SSSR count). The van der Waals surface area contributed by atoms with Crippen LogP contribution in [-0.4, -0.2) is 41.8 Å². The van der Waals surface area contributed by atoms with E-state index in [2.05, 4.69) is 5.32 Å². The van der Waals surface area contributed by atoms with E-state index >= 15 is 0 Å². The first-order valence-electron chi connectivity index (χ1n) is 22.3. The first-order valence-corrected chi connectivity index (χ1v) is 22.3. The number of nitrogens with one attached hydrogen (secondary N) is 1. The van der Waals surface area contributed by atoms with Crippen LogP contribution in [0.4, 0.5) is 0 Å². The van der Waals surface area contributed by atoms with Gasteiger partial charge in [0, 0.05) is 30.3 Å². The van der Waals surface area contributed by atoms with Crippen molar-refractivity contribution >= 4 is 17.8 Å². The van der Waals surface area contributed by atoms with Gasteiger partial charge in [-0.05, 0) is 90.0 Å². The van der Waals surface area contributed by atoms with Crippen molar-refractivity contribution in [2.75, 3.05) is 13.1 Å². The van der Waals surface area contributed by atoms with Crippen molar-refractivity contribution in [2.24, 2.45) is 0 Å². The Balaban J connectivity index is 1.02. The van der Waals surface area contributed by atoms with Crippen LogP contribution >= 0.6 is 0 Å². The maximum Gasteiger partial charge on any atom is 0.339 e. The topological polar surface area (TPSA) is 113 Å². The van der Waals surface area contributed by atoms with Crippen molar-refractivity contribution in [1.82, 2.24) is 10.2 Å². The molecule has 0 spiro atoms. The molecule has 0 radical (unpaired) electrons. The van der Waals surface area contributed by atoms with Crippen LogP contribution in [0.3, 0.4) is 0 Å². The molecule has 2 unspecified atom stereocenters. The van der Waals surface area contributed by atoms with Crippen LogP contribution in [-0.2, 0) is 31.2 Å². The van der Waals surface area contributed by atoms with Crippen molar-refractivity contribution in [3.8, 4) is 23.0 Å². The first-order chi connectivity index (χ1) is 32.4. The van der Waals surface area contributed by atoms with Crippen LogP contribution in [0, 0.1) is 0 Å². The smallest absolute Gasteiger partial charge is 0.339 e. The van der Waals surface area contributed by atoms with Gasteiger partial charge in [-0.3, -0.25) is 9.59 Å². The van der Waals surface area contributed by atoms with Gasteiger partial charge in [0.2, 0.25) is 0 Å². The molecule has 1 saturated heterocycles. The Morgan fingerprint density at radius 3 is 1.61 bits per heavy atom. The third kappa shape index (κ3) is 10.6. The lowest BCUT2D eigenvalue weighted by atomic mass is 9.95. The van der Waals surface area contributed by atoms with E-state index in [1.54, 1.807) is 53.4 Å². The Morgan fingerprint density at radius 1 is 0.545 bits per heavy atom. The highest BCUT2D eigenvalue weighted by Gasteiger charge is 2.40. The van der Waals surface area contributed by atoms with E-state index in [-0.39, 0.29) is 37.7 Å². The van der Waals surface area contributed by atoms with Crippen LogP contribution in [0.15, 0.2) is 176 Å². The lowest BCUT2D eigenvalue weighted by Crippen LogP contribution is -2.44. The Labute approximate surface area is 384 Å². The summed E-state index contributed by atoms with van der Waals surface area (Å²) < 4.78 is 31.9. The molecule has 2 heterocycles. The van der Waals surface area contributed by atoms with Gasteiger partial charge >= 0.3 is 5.97 Å². The zero-order valence-electron chi connectivity index (χ0n) is 36.5. The van der Waals surface area contributed by atoms with E-state index in [0.29, 0.717) is 76.9 Å². The number of ether oxygens (including phenoxy) is 5. The molecule has 7 aromatic rings. The van der Waals surface area contributed by atoms with E-state index in [1.807, 2.05) is 127 Å². The maximum atomic E-state index is 14.8. The van der Waals surface area contributed by atoms with Crippen LogP contribution in [0.1, 0.15) is 89.8 Å². The van der Waals surface area contributed by atoms with Crippen molar-refractivity contribution in [1.29, 1.82) is 0 Å². The number of likely N-dealkylation sites (tertiary alicyclic amines) is 1. The SMILES string of the molecule is O=C(NC1CCCCN(C(=O)c2cc(OCc3ccccc3)c(C3OC(=O)c4cccc(OCc5ccccc5)c43)c(OCc3ccccc3)c2)C1)c1ccc(OCc2ccccc2)cc1.